The van der Waals surface area contributed by atoms with Gasteiger partial charge >= 0.3 is 0 Å². The minimum atomic E-state index is 0.437. The molecule has 0 spiro atoms. The molecule has 0 unspecified atom stereocenters. The Morgan fingerprint density at radius 1 is 0.733 bits per heavy atom. The molecule has 0 amide bonds. The molecule has 2 aromatic rings. The predicted molar refractivity (Wildman–Crippen MR) is 65.9 cm³/mol. The first-order valence-electron chi connectivity index (χ1n) is 4.47. The Balaban J connectivity index is 2.35. The van der Waals surface area contributed by atoms with E-state index >= 15 is 0 Å². The van der Waals surface area contributed by atoms with Crippen LogP contribution in [-0.4, -0.2) is 0 Å². The summed E-state index contributed by atoms with van der Waals surface area (Å²) in [7, 11) is 0. The molecule has 1 aliphatic carbocycles. The van der Waals surface area contributed by atoms with Crippen LogP contribution >= 0.6 is 34.8 Å². The average molecular weight is 256 g/mol. The van der Waals surface area contributed by atoms with Gasteiger partial charge in [-0.2, -0.15) is 0 Å². The van der Waals surface area contributed by atoms with Crippen molar-refractivity contribution in [2.45, 2.75) is 0 Å². The molecule has 0 radical (unpaired) electrons. The van der Waals surface area contributed by atoms with Gasteiger partial charge in [-0.05, 0) is 22.8 Å². The molecule has 0 heterocycles. The molecule has 0 saturated carbocycles. The number of halogens is 3. The maximum atomic E-state index is 6.15. The Labute approximate surface area is 102 Å². The van der Waals surface area contributed by atoms with Gasteiger partial charge in [-0.15, -0.1) is 0 Å². The molecule has 0 bridgehead atoms. The van der Waals surface area contributed by atoms with Crippen molar-refractivity contribution in [2.24, 2.45) is 0 Å². The highest BCUT2D eigenvalue weighted by Crippen LogP contribution is 2.54. The predicted octanol–water partition coefficient (Wildman–Crippen LogP) is 5.29. The normalized spacial score (nSPS) is 11.7. The molecule has 2 aromatic carbocycles. The third kappa shape index (κ3) is 1.16. The van der Waals surface area contributed by atoms with Crippen LogP contribution in [0.2, 0.25) is 15.1 Å². The van der Waals surface area contributed by atoms with Crippen molar-refractivity contribution in [1.29, 1.82) is 0 Å². The minimum absolute atomic E-state index is 0.437. The lowest BCUT2D eigenvalue weighted by Crippen LogP contribution is -1.99. The highest BCUT2D eigenvalue weighted by Gasteiger charge is 2.27. The quantitative estimate of drug-likeness (QED) is 0.479. The number of fused-ring (bicyclic) bond motifs is 4. The van der Waals surface area contributed by atoms with Gasteiger partial charge in [0.05, 0.1) is 15.1 Å². The molecule has 0 aromatic heterocycles. The van der Waals surface area contributed by atoms with E-state index in [9.17, 15) is 0 Å². The molecule has 0 saturated heterocycles. The van der Waals surface area contributed by atoms with Gasteiger partial charge in [0.15, 0.2) is 0 Å². The van der Waals surface area contributed by atoms with Crippen molar-refractivity contribution < 1.29 is 0 Å². The van der Waals surface area contributed by atoms with E-state index in [-0.39, 0.29) is 0 Å². The van der Waals surface area contributed by atoms with E-state index in [1.165, 1.54) is 5.56 Å². The fourth-order valence-corrected chi connectivity index (χ4v) is 2.65. The smallest absolute Gasteiger partial charge is 0.0785 e. The SMILES string of the molecule is Clc1cc2c(c(Cl)c1Cl)-c1ccccc1-2. The Hall–Kier alpha value is -0.690. The van der Waals surface area contributed by atoms with E-state index in [0.29, 0.717) is 15.1 Å². The zero-order valence-electron chi connectivity index (χ0n) is 7.52. The van der Waals surface area contributed by atoms with Gasteiger partial charge in [0.25, 0.3) is 0 Å². The van der Waals surface area contributed by atoms with Crippen LogP contribution in [0.4, 0.5) is 0 Å². The van der Waals surface area contributed by atoms with E-state index < -0.39 is 0 Å². The zero-order valence-corrected chi connectivity index (χ0v) is 9.79. The first-order chi connectivity index (χ1) is 7.20. The second kappa shape index (κ2) is 3.15. The van der Waals surface area contributed by atoms with Crippen molar-refractivity contribution in [3.63, 3.8) is 0 Å². The largest absolute Gasteiger partial charge is 0.0826 e. The minimum Gasteiger partial charge on any atom is -0.0826 e. The number of hydrogen-bond donors (Lipinski definition) is 0. The van der Waals surface area contributed by atoms with Crippen LogP contribution in [0.25, 0.3) is 22.3 Å². The summed E-state index contributed by atoms with van der Waals surface area (Å²) in [5, 5.41) is 1.50. The van der Waals surface area contributed by atoms with E-state index in [1.54, 1.807) is 0 Å². The second-order valence-corrected chi connectivity index (χ2v) is 4.62. The van der Waals surface area contributed by atoms with Crippen LogP contribution in [0.1, 0.15) is 0 Å². The van der Waals surface area contributed by atoms with E-state index in [4.69, 9.17) is 34.8 Å². The van der Waals surface area contributed by atoms with Crippen molar-refractivity contribution >= 4 is 34.8 Å². The summed E-state index contributed by atoms with van der Waals surface area (Å²) in [4.78, 5) is 0. The lowest BCUT2D eigenvalue weighted by Gasteiger charge is -2.25. The average Bonchev–Trinajstić information content (AvgIpc) is 2.23. The molecule has 0 atom stereocenters. The third-order valence-corrected chi connectivity index (χ3v) is 3.91. The first kappa shape index (κ1) is 9.53. The van der Waals surface area contributed by atoms with Crippen LogP contribution in [0.5, 0.6) is 0 Å². The summed E-state index contributed by atoms with van der Waals surface area (Å²) in [6.07, 6.45) is 0. The van der Waals surface area contributed by atoms with Crippen molar-refractivity contribution in [3.8, 4) is 22.3 Å². The maximum Gasteiger partial charge on any atom is 0.0785 e. The summed E-state index contributed by atoms with van der Waals surface area (Å²) < 4.78 is 0. The Morgan fingerprint density at radius 3 is 2.13 bits per heavy atom. The van der Waals surface area contributed by atoms with E-state index in [0.717, 1.165) is 16.7 Å². The monoisotopic (exact) mass is 254 g/mol. The van der Waals surface area contributed by atoms with Crippen LogP contribution in [-0.2, 0) is 0 Å². The summed E-state index contributed by atoms with van der Waals surface area (Å²) in [6.45, 7) is 0. The number of hydrogen-bond acceptors (Lipinski definition) is 0. The summed E-state index contributed by atoms with van der Waals surface area (Å²) in [5.41, 5.74) is 4.44. The lowest BCUT2D eigenvalue weighted by atomic mass is 9.81. The molecule has 0 N–H and O–H groups in total. The summed E-state index contributed by atoms with van der Waals surface area (Å²) >= 11 is 18.1. The molecule has 0 aliphatic heterocycles. The number of benzene rings is 2. The van der Waals surface area contributed by atoms with Crippen molar-refractivity contribution in [1.82, 2.24) is 0 Å². The van der Waals surface area contributed by atoms with Crippen LogP contribution in [0, 0.1) is 0 Å². The molecule has 0 fully saturated rings. The molecule has 0 nitrogen and oxygen atoms in total. The van der Waals surface area contributed by atoms with Gasteiger partial charge in [0, 0.05) is 5.56 Å². The van der Waals surface area contributed by atoms with Crippen LogP contribution < -0.4 is 0 Å². The molecular weight excluding hydrogens is 250 g/mol. The fraction of sp³-hybridized carbons (Fsp3) is 0. The summed E-state index contributed by atoms with van der Waals surface area (Å²) in [5.74, 6) is 0. The van der Waals surface area contributed by atoms with Gasteiger partial charge in [0.1, 0.15) is 0 Å². The molecule has 15 heavy (non-hydrogen) atoms. The van der Waals surface area contributed by atoms with Crippen molar-refractivity contribution in [3.05, 3.63) is 45.4 Å². The Kier molecular flexibility index (Phi) is 2.00. The Morgan fingerprint density at radius 2 is 1.40 bits per heavy atom. The second-order valence-electron chi connectivity index (χ2n) is 3.45. The first-order valence-corrected chi connectivity index (χ1v) is 5.61. The van der Waals surface area contributed by atoms with E-state index in [1.807, 2.05) is 24.3 Å². The molecule has 74 valence electrons. The van der Waals surface area contributed by atoms with Gasteiger partial charge in [0.2, 0.25) is 0 Å². The lowest BCUT2D eigenvalue weighted by molar-refractivity contribution is 1.52. The Bertz CT molecular complexity index is 573. The standard InChI is InChI=1S/C12H5Cl3/c13-9-5-8-6-3-1-2-4-7(6)10(8)12(15)11(9)14/h1-5H. The number of rotatable bonds is 0. The zero-order chi connectivity index (χ0) is 10.6. The van der Waals surface area contributed by atoms with Gasteiger partial charge in [-0.3, -0.25) is 0 Å². The fourth-order valence-electron chi connectivity index (χ4n) is 1.94. The topological polar surface area (TPSA) is 0 Å². The highest BCUT2D eigenvalue weighted by atomic mass is 35.5. The summed E-state index contributed by atoms with van der Waals surface area (Å²) in [6, 6.07) is 9.94. The molecule has 3 rings (SSSR count). The van der Waals surface area contributed by atoms with Gasteiger partial charge < -0.3 is 0 Å². The maximum absolute atomic E-state index is 6.15. The van der Waals surface area contributed by atoms with Crippen LogP contribution in [0.15, 0.2) is 30.3 Å². The molecular formula is C12H5Cl3. The van der Waals surface area contributed by atoms with Gasteiger partial charge in [-0.1, -0.05) is 59.1 Å². The molecule has 3 heteroatoms. The molecule has 1 aliphatic rings. The van der Waals surface area contributed by atoms with Gasteiger partial charge in [-0.25, -0.2) is 0 Å². The van der Waals surface area contributed by atoms with Crippen molar-refractivity contribution in [2.75, 3.05) is 0 Å². The van der Waals surface area contributed by atoms with E-state index in [2.05, 4.69) is 6.07 Å². The third-order valence-electron chi connectivity index (χ3n) is 2.65. The highest BCUT2D eigenvalue weighted by molar-refractivity contribution is 6.50. The van der Waals surface area contributed by atoms with Crippen LogP contribution in [0.3, 0.4) is 0 Å².